The Morgan fingerprint density at radius 3 is 2.69 bits per heavy atom. The molecule has 6 nitrogen and oxygen atoms in total. The van der Waals surface area contributed by atoms with E-state index in [2.05, 4.69) is 10.3 Å². The lowest BCUT2D eigenvalue weighted by Crippen LogP contribution is -2.24. The van der Waals surface area contributed by atoms with E-state index in [-0.39, 0.29) is 24.9 Å². The second-order valence-electron chi connectivity index (χ2n) is 5.43. The van der Waals surface area contributed by atoms with Crippen LogP contribution in [0, 0.1) is 6.92 Å². The van der Waals surface area contributed by atoms with Gasteiger partial charge in [-0.25, -0.2) is 4.98 Å². The lowest BCUT2D eigenvalue weighted by Gasteiger charge is -2.04. The summed E-state index contributed by atoms with van der Waals surface area (Å²) in [7, 11) is 0. The van der Waals surface area contributed by atoms with Crippen LogP contribution in [0.2, 0.25) is 5.02 Å². The minimum atomic E-state index is -0.252. The fraction of sp³-hybridized carbons (Fsp3) is 0.389. The number of aromatic nitrogens is 1. The standard InChI is InChI=1S/C18H21ClN2O4S/c1-3-24-16(22)5-4-10-20-18(23)17-12(2)21-15(26-17)11-25-14-8-6-13(19)7-9-14/h6-9H,3-5,10-11H2,1-2H3,(H,20,23). The van der Waals surface area contributed by atoms with Gasteiger partial charge >= 0.3 is 5.97 Å². The summed E-state index contributed by atoms with van der Waals surface area (Å²) in [5, 5.41) is 4.16. The summed E-state index contributed by atoms with van der Waals surface area (Å²) < 4.78 is 10.5. The molecule has 0 bridgehead atoms. The van der Waals surface area contributed by atoms with Gasteiger partial charge in [-0.2, -0.15) is 0 Å². The number of esters is 1. The van der Waals surface area contributed by atoms with Crippen LogP contribution in [0.5, 0.6) is 5.75 Å². The molecule has 0 aliphatic carbocycles. The van der Waals surface area contributed by atoms with E-state index in [9.17, 15) is 9.59 Å². The van der Waals surface area contributed by atoms with E-state index in [0.29, 0.717) is 45.9 Å². The molecule has 0 unspecified atom stereocenters. The Balaban J connectivity index is 1.81. The van der Waals surface area contributed by atoms with Crippen LogP contribution in [0.4, 0.5) is 0 Å². The van der Waals surface area contributed by atoms with Gasteiger partial charge in [0, 0.05) is 18.0 Å². The second-order valence-corrected chi connectivity index (χ2v) is 6.95. The molecule has 140 valence electrons. The first-order valence-electron chi connectivity index (χ1n) is 8.28. The monoisotopic (exact) mass is 396 g/mol. The smallest absolute Gasteiger partial charge is 0.305 e. The van der Waals surface area contributed by atoms with Crippen LogP contribution in [-0.2, 0) is 16.1 Å². The quantitative estimate of drug-likeness (QED) is 0.515. The van der Waals surface area contributed by atoms with E-state index < -0.39 is 0 Å². The number of thiazole rings is 1. The highest BCUT2D eigenvalue weighted by Gasteiger charge is 2.15. The molecule has 1 heterocycles. The van der Waals surface area contributed by atoms with Crippen LogP contribution in [0.15, 0.2) is 24.3 Å². The maximum atomic E-state index is 12.2. The number of rotatable bonds is 9. The van der Waals surface area contributed by atoms with Gasteiger partial charge in [0.15, 0.2) is 0 Å². The van der Waals surface area contributed by atoms with Gasteiger partial charge in [0.1, 0.15) is 22.2 Å². The summed E-state index contributed by atoms with van der Waals surface area (Å²) in [5.41, 5.74) is 0.660. The number of carbonyl (C=O) groups is 2. The van der Waals surface area contributed by atoms with Crippen LogP contribution >= 0.6 is 22.9 Å². The molecule has 1 aromatic heterocycles. The molecular weight excluding hydrogens is 376 g/mol. The Bertz CT molecular complexity index is 746. The largest absolute Gasteiger partial charge is 0.486 e. The average Bonchev–Trinajstić information content (AvgIpc) is 2.99. The van der Waals surface area contributed by atoms with Gasteiger partial charge in [-0.1, -0.05) is 11.6 Å². The molecule has 0 spiro atoms. The normalized spacial score (nSPS) is 10.4. The summed E-state index contributed by atoms with van der Waals surface area (Å²) in [4.78, 5) is 28.4. The topological polar surface area (TPSA) is 77.5 Å². The highest BCUT2D eigenvalue weighted by Crippen LogP contribution is 2.21. The minimum Gasteiger partial charge on any atom is -0.486 e. The Morgan fingerprint density at radius 2 is 2.00 bits per heavy atom. The number of nitrogens with zero attached hydrogens (tertiary/aromatic N) is 1. The minimum absolute atomic E-state index is 0.193. The maximum Gasteiger partial charge on any atom is 0.305 e. The van der Waals surface area contributed by atoms with Gasteiger partial charge in [0.05, 0.1) is 12.3 Å². The van der Waals surface area contributed by atoms with Gasteiger partial charge in [-0.3, -0.25) is 9.59 Å². The molecule has 2 aromatic rings. The number of hydrogen-bond donors (Lipinski definition) is 1. The number of ether oxygens (including phenoxy) is 2. The molecule has 0 atom stereocenters. The maximum absolute atomic E-state index is 12.2. The molecule has 0 fully saturated rings. The number of halogens is 1. The van der Waals surface area contributed by atoms with E-state index in [0.717, 1.165) is 0 Å². The van der Waals surface area contributed by atoms with E-state index in [1.807, 2.05) is 0 Å². The molecule has 1 aromatic carbocycles. The van der Waals surface area contributed by atoms with Crippen molar-refractivity contribution in [2.24, 2.45) is 0 Å². The van der Waals surface area contributed by atoms with Gasteiger partial charge in [0.25, 0.3) is 5.91 Å². The molecular formula is C18H21ClN2O4S. The number of hydrogen-bond acceptors (Lipinski definition) is 6. The highest BCUT2D eigenvalue weighted by atomic mass is 35.5. The Kier molecular flexibility index (Phi) is 7.87. The van der Waals surface area contributed by atoms with E-state index in [4.69, 9.17) is 21.1 Å². The number of benzene rings is 1. The summed E-state index contributed by atoms with van der Waals surface area (Å²) in [6, 6.07) is 7.05. The predicted molar refractivity (Wildman–Crippen MR) is 101 cm³/mol. The summed E-state index contributed by atoms with van der Waals surface area (Å²) in [6.45, 7) is 4.61. The summed E-state index contributed by atoms with van der Waals surface area (Å²) in [6.07, 6.45) is 0.824. The van der Waals surface area contributed by atoms with Crippen molar-refractivity contribution in [3.63, 3.8) is 0 Å². The van der Waals surface area contributed by atoms with Crippen LogP contribution in [0.3, 0.4) is 0 Å². The zero-order valence-electron chi connectivity index (χ0n) is 14.7. The number of amides is 1. The van der Waals surface area contributed by atoms with Crippen molar-refractivity contribution in [3.05, 3.63) is 44.9 Å². The van der Waals surface area contributed by atoms with Crippen LogP contribution in [-0.4, -0.2) is 30.0 Å². The lowest BCUT2D eigenvalue weighted by atomic mass is 10.3. The first-order chi connectivity index (χ1) is 12.5. The van der Waals surface area contributed by atoms with Crippen molar-refractivity contribution in [1.82, 2.24) is 10.3 Å². The van der Waals surface area contributed by atoms with Gasteiger partial charge in [0.2, 0.25) is 0 Å². The molecule has 0 radical (unpaired) electrons. The van der Waals surface area contributed by atoms with Crippen LogP contribution < -0.4 is 10.1 Å². The Labute approximate surface area is 161 Å². The molecule has 1 amide bonds. The first-order valence-corrected chi connectivity index (χ1v) is 9.47. The second kappa shape index (κ2) is 10.1. The van der Waals surface area contributed by atoms with Crippen LogP contribution in [0.25, 0.3) is 0 Å². The van der Waals surface area contributed by atoms with E-state index in [1.165, 1.54) is 11.3 Å². The highest BCUT2D eigenvalue weighted by molar-refractivity contribution is 7.13. The van der Waals surface area contributed by atoms with Crippen molar-refractivity contribution in [2.75, 3.05) is 13.2 Å². The molecule has 26 heavy (non-hydrogen) atoms. The third-order valence-corrected chi connectivity index (χ3v) is 4.75. The number of aryl methyl sites for hydroxylation is 1. The third-order valence-electron chi connectivity index (χ3n) is 3.37. The van der Waals surface area contributed by atoms with E-state index in [1.54, 1.807) is 38.1 Å². The zero-order valence-corrected chi connectivity index (χ0v) is 16.3. The summed E-state index contributed by atoms with van der Waals surface area (Å²) in [5.74, 6) is 0.242. The fourth-order valence-corrected chi connectivity index (χ4v) is 3.17. The Morgan fingerprint density at radius 1 is 1.27 bits per heavy atom. The molecule has 2 rings (SSSR count). The van der Waals surface area contributed by atoms with Crippen molar-refractivity contribution in [2.45, 2.75) is 33.3 Å². The molecule has 1 N–H and O–H groups in total. The van der Waals surface area contributed by atoms with Gasteiger partial charge in [-0.15, -0.1) is 11.3 Å². The number of nitrogens with one attached hydrogen (secondary N) is 1. The molecule has 0 saturated heterocycles. The zero-order chi connectivity index (χ0) is 18.9. The summed E-state index contributed by atoms with van der Waals surface area (Å²) >= 11 is 7.13. The van der Waals surface area contributed by atoms with Gasteiger partial charge < -0.3 is 14.8 Å². The fourth-order valence-electron chi connectivity index (χ4n) is 2.15. The number of carbonyl (C=O) groups excluding carboxylic acids is 2. The SMILES string of the molecule is CCOC(=O)CCCNC(=O)c1sc(COc2ccc(Cl)cc2)nc1C. The predicted octanol–water partition coefficient (Wildman–Crippen LogP) is 3.76. The van der Waals surface area contributed by atoms with Crippen molar-refractivity contribution >= 4 is 34.8 Å². The third kappa shape index (κ3) is 6.31. The lowest BCUT2D eigenvalue weighted by molar-refractivity contribution is -0.143. The average molecular weight is 397 g/mol. The molecule has 0 aliphatic heterocycles. The van der Waals surface area contributed by atoms with Crippen LogP contribution in [0.1, 0.15) is 40.1 Å². The molecule has 8 heteroatoms. The van der Waals surface area contributed by atoms with Crippen molar-refractivity contribution in [1.29, 1.82) is 0 Å². The molecule has 0 saturated carbocycles. The van der Waals surface area contributed by atoms with Crippen molar-refractivity contribution in [3.8, 4) is 5.75 Å². The van der Waals surface area contributed by atoms with Gasteiger partial charge in [-0.05, 0) is 44.5 Å². The van der Waals surface area contributed by atoms with Crippen molar-refractivity contribution < 1.29 is 19.1 Å². The Hall–Kier alpha value is -2.12. The van der Waals surface area contributed by atoms with E-state index >= 15 is 0 Å². The molecule has 0 aliphatic rings. The first kappa shape index (κ1) is 20.2.